The molecule has 98 valence electrons. The molecule has 19 heavy (non-hydrogen) atoms. The van der Waals surface area contributed by atoms with Crippen molar-refractivity contribution in [3.63, 3.8) is 0 Å². The summed E-state index contributed by atoms with van der Waals surface area (Å²) < 4.78 is 14.4. The van der Waals surface area contributed by atoms with E-state index in [2.05, 4.69) is 5.32 Å². The van der Waals surface area contributed by atoms with E-state index in [0.717, 1.165) is 9.13 Å². The Kier molecular flexibility index (Phi) is 4.42. The molecule has 0 aliphatic carbocycles. The predicted molar refractivity (Wildman–Crippen MR) is 83.3 cm³/mol. The molecule has 0 fully saturated rings. The lowest BCUT2D eigenvalue weighted by Gasteiger charge is -2.08. The maximum Gasteiger partial charge on any atom is 0.256 e. The summed E-state index contributed by atoms with van der Waals surface area (Å²) in [6.45, 7) is 1.79. The summed E-state index contributed by atoms with van der Waals surface area (Å²) in [5, 5.41) is 3.01. The van der Waals surface area contributed by atoms with Gasteiger partial charge in [-0.2, -0.15) is 0 Å². The van der Waals surface area contributed by atoms with Crippen molar-refractivity contribution in [1.29, 1.82) is 0 Å². The SMILES string of the molecule is Cc1ccc(NC(=O)c2cc(Cl)ccc2I)c(F)c1. The molecule has 1 N–H and O–H groups in total. The lowest BCUT2D eigenvalue weighted by Crippen LogP contribution is -2.14. The molecule has 0 bridgehead atoms. The van der Waals surface area contributed by atoms with Gasteiger partial charge in [0.1, 0.15) is 5.82 Å². The van der Waals surface area contributed by atoms with Crippen molar-refractivity contribution in [2.45, 2.75) is 6.92 Å². The molecule has 1 amide bonds. The molecule has 0 unspecified atom stereocenters. The Morgan fingerprint density at radius 2 is 2.00 bits per heavy atom. The minimum absolute atomic E-state index is 0.159. The van der Waals surface area contributed by atoms with Crippen LogP contribution >= 0.6 is 34.2 Å². The second-order valence-corrected chi connectivity index (χ2v) is 5.66. The number of carbonyl (C=O) groups excluding carboxylic acids is 1. The number of benzene rings is 2. The van der Waals surface area contributed by atoms with E-state index < -0.39 is 5.82 Å². The minimum Gasteiger partial charge on any atom is -0.319 e. The third kappa shape index (κ3) is 3.45. The van der Waals surface area contributed by atoms with Crippen LogP contribution in [-0.2, 0) is 0 Å². The Hall–Kier alpha value is -1.14. The summed E-state index contributed by atoms with van der Waals surface area (Å²) in [5.41, 5.74) is 1.38. The lowest BCUT2D eigenvalue weighted by molar-refractivity contribution is 0.102. The molecule has 2 nitrogen and oxygen atoms in total. The van der Waals surface area contributed by atoms with Crippen molar-refractivity contribution in [2.75, 3.05) is 5.32 Å². The highest BCUT2D eigenvalue weighted by molar-refractivity contribution is 14.1. The van der Waals surface area contributed by atoms with Gasteiger partial charge in [0.25, 0.3) is 5.91 Å². The molecule has 5 heteroatoms. The first-order valence-corrected chi connectivity index (χ1v) is 6.95. The van der Waals surface area contributed by atoms with Crippen LogP contribution in [-0.4, -0.2) is 5.91 Å². The van der Waals surface area contributed by atoms with Crippen LogP contribution in [0.2, 0.25) is 5.02 Å². The molecule has 2 aromatic carbocycles. The number of nitrogens with one attached hydrogen (secondary N) is 1. The van der Waals surface area contributed by atoms with E-state index >= 15 is 0 Å². The van der Waals surface area contributed by atoms with Crippen molar-refractivity contribution in [3.8, 4) is 0 Å². The van der Waals surface area contributed by atoms with Crippen molar-refractivity contribution < 1.29 is 9.18 Å². The van der Waals surface area contributed by atoms with E-state index in [0.29, 0.717) is 10.6 Å². The first-order chi connectivity index (χ1) is 8.97. The van der Waals surface area contributed by atoms with Gasteiger partial charge in [0.15, 0.2) is 0 Å². The number of anilines is 1. The second-order valence-electron chi connectivity index (χ2n) is 4.06. The van der Waals surface area contributed by atoms with Gasteiger partial charge in [-0.15, -0.1) is 0 Å². The number of hydrogen-bond donors (Lipinski definition) is 1. The summed E-state index contributed by atoms with van der Waals surface area (Å²) in [6.07, 6.45) is 0. The van der Waals surface area contributed by atoms with Gasteiger partial charge in [0.2, 0.25) is 0 Å². The molecule has 0 spiro atoms. The van der Waals surface area contributed by atoms with Crippen LogP contribution in [0.3, 0.4) is 0 Å². The molecule has 0 heterocycles. The first-order valence-electron chi connectivity index (χ1n) is 5.50. The molecular weight excluding hydrogens is 380 g/mol. The highest BCUT2D eigenvalue weighted by Crippen LogP contribution is 2.21. The number of amides is 1. The van der Waals surface area contributed by atoms with Crippen LogP contribution in [0.1, 0.15) is 15.9 Å². The maximum absolute atomic E-state index is 13.7. The van der Waals surface area contributed by atoms with Gasteiger partial charge >= 0.3 is 0 Å². The van der Waals surface area contributed by atoms with Gasteiger partial charge in [-0.3, -0.25) is 4.79 Å². The average molecular weight is 390 g/mol. The zero-order valence-corrected chi connectivity index (χ0v) is 12.9. The van der Waals surface area contributed by atoms with E-state index in [1.54, 1.807) is 37.3 Å². The van der Waals surface area contributed by atoms with Gasteiger partial charge in [0.05, 0.1) is 11.3 Å². The van der Waals surface area contributed by atoms with E-state index in [9.17, 15) is 9.18 Å². The number of halogens is 3. The number of rotatable bonds is 2. The molecule has 0 aliphatic rings. The fraction of sp³-hybridized carbons (Fsp3) is 0.0714. The quantitative estimate of drug-likeness (QED) is 0.745. The Bertz CT molecular complexity index is 645. The number of aryl methyl sites for hydroxylation is 1. The van der Waals surface area contributed by atoms with Crippen LogP contribution in [0, 0.1) is 16.3 Å². The average Bonchev–Trinajstić information content (AvgIpc) is 2.35. The lowest BCUT2D eigenvalue weighted by atomic mass is 10.2. The second kappa shape index (κ2) is 5.88. The van der Waals surface area contributed by atoms with E-state index in [1.165, 1.54) is 6.07 Å². The fourth-order valence-corrected chi connectivity index (χ4v) is 2.34. The monoisotopic (exact) mass is 389 g/mol. The predicted octanol–water partition coefficient (Wildman–Crippen LogP) is 4.64. The van der Waals surface area contributed by atoms with Crippen LogP contribution in [0.5, 0.6) is 0 Å². The largest absolute Gasteiger partial charge is 0.319 e. The first kappa shape index (κ1) is 14.3. The topological polar surface area (TPSA) is 29.1 Å². The standard InChI is InChI=1S/C14H10ClFINO/c1-8-2-5-13(11(16)6-8)18-14(19)10-7-9(15)3-4-12(10)17/h2-7H,1H3,(H,18,19). The Labute approximate surface area is 129 Å². The Balaban J connectivity index is 2.28. The van der Waals surface area contributed by atoms with E-state index in [-0.39, 0.29) is 11.6 Å². The summed E-state index contributed by atoms with van der Waals surface area (Å²) in [6, 6.07) is 9.65. The number of hydrogen-bond acceptors (Lipinski definition) is 1. The molecule has 0 aliphatic heterocycles. The summed E-state index contributed by atoms with van der Waals surface area (Å²) in [4.78, 5) is 12.1. The van der Waals surface area contributed by atoms with Crippen molar-refractivity contribution in [3.05, 3.63) is 61.9 Å². The summed E-state index contributed by atoms with van der Waals surface area (Å²) in [5.74, 6) is -0.833. The molecule has 0 saturated carbocycles. The third-order valence-electron chi connectivity index (χ3n) is 2.55. The molecule has 0 saturated heterocycles. The van der Waals surface area contributed by atoms with Crippen LogP contribution in [0.25, 0.3) is 0 Å². The highest BCUT2D eigenvalue weighted by Gasteiger charge is 2.13. The smallest absolute Gasteiger partial charge is 0.256 e. The minimum atomic E-state index is -0.453. The van der Waals surface area contributed by atoms with Crippen LogP contribution in [0.15, 0.2) is 36.4 Å². The van der Waals surface area contributed by atoms with Crippen LogP contribution < -0.4 is 5.32 Å². The normalized spacial score (nSPS) is 10.3. The number of carbonyl (C=O) groups is 1. The molecule has 0 radical (unpaired) electrons. The summed E-state index contributed by atoms with van der Waals surface area (Å²) >= 11 is 7.89. The van der Waals surface area contributed by atoms with Crippen LogP contribution in [0.4, 0.5) is 10.1 Å². The zero-order chi connectivity index (χ0) is 14.0. The molecule has 0 atom stereocenters. The summed E-state index contributed by atoms with van der Waals surface area (Å²) in [7, 11) is 0. The van der Waals surface area contributed by atoms with Gasteiger partial charge in [-0.05, 0) is 65.4 Å². The van der Waals surface area contributed by atoms with Crippen molar-refractivity contribution in [2.24, 2.45) is 0 Å². The van der Waals surface area contributed by atoms with E-state index in [1.807, 2.05) is 22.6 Å². The molecule has 0 aromatic heterocycles. The molecule has 2 aromatic rings. The molecule has 2 rings (SSSR count). The van der Waals surface area contributed by atoms with Gasteiger partial charge < -0.3 is 5.32 Å². The Morgan fingerprint density at radius 3 is 2.68 bits per heavy atom. The maximum atomic E-state index is 13.7. The van der Waals surface area contributed by atoms with E-state index in [4.69, 9.17) is 11.6 Å². The zero-order valence-electron chi connectivity index (χ0n) is 10.0. The molecular formula is C14H10ClFINO. The van der Waals surface area contributed by atoms with Gasteiger partial charge in [-0.1, -0.05) is 17.7 Å². The third-order valence-corrected chi connectivity index (χ3v) is 3.72. The van der Waals surface area contributed by atoms with Gasteiger partial charge in [0, 0.05) is 8.59 Å². The fourth-order valence-electron chi connectivity index (χ4n) is 1.58. The van der Waals surface area contributed by atoms with Crippen molar-refractivity contribution >= 4 is 45.8 Å². The van der Waals surface area contributed by atoms with Gasteiger partial charge in [-0.25, -0.2) is 4.39 Å². The highest BCUT2D eigenvalue weighted by atomic mass is 127. The van der Waals surface area contributed by atoms with Crippen molar-refractivity contribution in [1.82, 2.24) is 0 Å². The Morgan fingerprint density at radius 1 is 1.26 bits per heavy atom.